The van der Waals surface area contributed by atoms with Crippen molar-refractivity contribution >= 4 is 6.29 Å². The first-order valence-corrected chi connectivity index (χ1v) is 4.64. The normalized spacial score (nSPS) is 9.53. The molecule has 1 rings (SSSR count). The third kappa shape index (κ3) is 3.54. The summed E-state index contributed by atoms with van der Waals surface area (Å²) in [6.45, 7) is 4.22. The van der Waals surface area contributed by atoms with Crippen LogP contribution >= 0.6 is 0 Å². The summed E-state index contributed by atoms with van der Waals surface area (Å²) in [5.74, 6) is -0.129. The van der Waals surface area contributed by atoms with Gasteiger partial charge in [0, 0.05) is 6.07 Å². The van der Waals surface area contributed by atoms with E-state index < -0.39 is 5.82 Å². The summed E-state index contributed by atoms with van der Waals surface area (Å²) in [5.41, 5.74) is 1.47. The Morgan fingerprint density at radius 3 is 2.80 bits per heavy atom. The maximum Gasteiger partial charge on any atom is 0.153 e. The fraction of sp³-hybridized carbons (Fsp3) is 0.250. The molecular weight excluding hydrogens is 195 g/mol. The van der Waals surface area contributed by atoms with E-state index in [-0.39, 0.29) is 5.75 Å². The standard InChI is InChI=1S/C12H13FO2/c1-9(2)5-6-15-12-7-11(13)4-3-10(12)8-14/h3-5,7-8H,6H2,1-2H3. The monoisotopic (exact) mass is 208 g/mol. The average molecular weight is 208 g/mol. The molecule has 0 heterocycles. The van der Waals surface area contributed by atoms with E-state index >= 15 is 0 Å². The Morgan fingerprint density at radius 1 is 1.47 bits per heavy atom. The molecule has 3 heteroatoms. The average Bonchev–Trinajstić information content (AvgIpc) is 2.17. The summed E-state index contributed by atoms with van der Waals surface area (Å²) in [5, 5.41) is 0. The van der Waals surface area contributed by atoms with Gasteiger partial charge in [0.15, 0.2) is 6.29 Å². The summed E-state index contributed by atoms with van der Waals surface area (Å²) in [4.78, 5) is 10.6. The predicted octanol–water partition coefficient (Wildman–Crippen LogP) is 2.98. The fourth-order valence-corrected chi connectivity index (χ4v) is 1.03. The lowest BCUT2D eigenvalue weighted by Gasteiger charge is -2.06. The van der Waals surface area contributed by atoms with Gasteiger partial charge in [-0.1, -0.05) is 5.57 Å². The Labute approximate surface area is 88.4 Å². The summed E-state index contributed by atoms with van der Waals surface area (Å²) < 4.78 is 18.1. The van der Waals surface area contributed by atoms with Gasteiger partial charge < -0.3 is 4.74 Å². The highest BCUT2D eigenvalue weighted by atomic mass is 19.1. The van der Waals surface area contributed by atoms with Crippen LogP contribution in [0, 0.1) is 5.82 Å². The number of carbonyl (C=O) groups excluding carboxylic acids is 1. The smallest absolute Gasteiger partial charge is 0.153 e. The van der Waals surface area contributed by atoms with Crippen LogP contribution in [0.3, 0.4) is 0 Å². The van der Waals surface area contributed by atoms with Gasteiger partial charge >= 0.3 is 0 Å². The van der Waals surface area contributed by atoms with Crippen LogP contribution < -0.4 is 4.74 Å². The van der Waals surface area contributed by atoms with E-state index in [1.54, 1.807) is 0 Å². The van der Waals surface area contributed by atoms with Crippen molar-refractivity contribution in [2.45, 2.75) is 13.8 Å². The molecule has 0 aromatic heterocycles. The van der Waals surface area contributed by atoms with Gasteiger partial charge in [-0.25, -0.2) is 4.39 Å². The number of aldehydes is 1. The van der Waals surface area contributed by atoms with Gasteiger partial charge in [0.25, 0.3) is 0 Å². The maximum absolute atomic E-state index is 12.9. The fourth-order valence-electron chi connectivity index (χ4n) is 1.03. The Hall–Kier alpha value is -1.64. The van der Waals surface area contributed by atoms with Crippen molar-refractivity contribution in [3.8, 4) is 5.75 Å². The van der Waals surface area contributed by atoms with Crippen molar-refractivity contribution in [1.82, 2.24) is 0 Å². The van der Waals surface area contributed by atoms with Crippen LogP contribution in [0.25, 0.3) is 0 Å². The highest BCUT2D eigenvalue weighted by Gasteiger charge is 2.03. The van der Waals surface area contributed by atoms with Crippen LogP contribution in [0.5, 0.6) is 5.75 Å². The first-order valence-electron chi connectivity index (χ1n) is 4.64. The Morgan fingerprint density at radius 2 is 2.20 bits per heavy atom. The van der Waals surface area contributed by atoms with E-state index in [1.165, 1.54) is 18.2 Å². The van der Waals surface area contributed by atoms with Crippen molar-refractivity contribution in [2.24, 2.45) is 0 Å². The van der Waals surface area contributed by atoms with Crippen LogP contribution in [0.15, 0.2) is 29.8 Å². The van der Waals surface area contributed by atoms with E-state index in [2.05, 4.69) is 0 Å². The van der Waals surface area contributed by atoms with E-state index in [0.717, 1.165) is 5.57 Å². The van der Waals surface area contributed by atoms with Crippen molar-refractivity contribution in [1.29, 1.82) is 0 Å². The zero-order valence-corrected chi connectivity index (χ0v) is 8.79. The second-order valence-electron chi connectivity index (χ2n) is 3.39. The topological polar surface area (TPSA) is 26.3 Å². The molecule has 0 atom stereocenters. The molecule has 0 saturated heterocycles. The van der Waals surface area contributed by atoms with Crippen molar-refractivity contribution in [3.63, 3.8) is 0 Å². The molecule has 1 aromatic rings. The summed E-state index contributed by atoms with van der Waals surface area (Å²) in [6.07, 6.45) is 2.51. The molecular formula is C12H13FO2. The van der Waals surface area contributed by atoms with Crippen molar-refractivity contribution < 1.29 is 13.9 Å². The number of ether oxygens (including phenoxy) is 1. The minimum absolute atomic E-state index is 0.280. The summed E-state index contributed by atoms with van der Waals surface area (Å²) >= 11 is 0. The number of carbonyl (C=O) groups is 1. The number of benzene rings is 1. The molecule has 0 aliphatic rings. The second-order valence-corrected chi connectivity index (χ2v) is 3.39. The van der Waals surface area contributed by atoms with Crippen LogP contribution in [0.2, 0.25) is 0 Å². The van der Waals surface area contributed by atoms with Crippen molar-refractivity contribution in [2.75, 3.05) is 6.61 Å². The Bertz CT molecular complexity index is 379. The molecule has 0 saturated carbocycles. The number of allylic oxidation sites excluding steroid dienone is 1. The lowest BCUT2D eigenvalue weighted by molar-refractivity contribution is 0.112. The third-order valence-electron chi connectivity index (χ3n) is 1.83. The van der Waals surface area contributed by atoms with E-state index in [0.29, 0.717) is 18.5 Å². The Balaban J connectivity index is 2.78. The van der Waals surface area contributed by atoms with Gasteiger partial charge in [-0.05, 0) is 32.1 Å². The van der Waals surface area contributed by atoms with Gasteiger partial charge in [-0.2, -0.15) is 0 Å². The zero-order chi connectivity index (χ0) is 11.3. The minimum atomic E-state index is -0.409. The number of rotatable bonds is 4. The molecule has 0 fully saturated rings. The molecule has 0 spiro atoms. The predicted molar refractivity (Wildman–Crippen MR) is 56.7 cm³/mol. The molecule has 0 aliphatic carbocycles. The van der Waals surface area contributed by atoms with Crippen LogP contribution in [-0.4, -0.2) is 12.9 Å². The van der Waals surface area contributed by atoms with Gasteiger partial charge in [-0.15, -0.1) is 0 Å². The molecule has 2 nitrogen and oxygen atoms in total. The lowest BCUT2D eigenvalue weighted by atomic mass is 10.2. The number of hydrogen-bond donors (Lipinski definition) is 0. The number of hydrogen-bond acceptors (Lipinski definition) is 2. The molecule has 0 aliphatic heterocycles. The van der Waals surface area contributed by atoms with Crippen LogP contribution in [0.4, 0.5) is 4.39 Å². The zero-order valence-electron chi connectivity index (χ0n) is 8.79. The van der Waals surface area contributed by atoms with Crippen LogP contribution in [-0.2, 0) is 0 Å². The first kappa shape index (κ1) is 11.4. The molecule has 0 unspecified atom stereocenters. The highest BCUT2D eigenvalue weighted by Crippen LogP contribution is 2.18. The van der Waals surface area contributed by atoms with Gasteiger partial charge in [-0.3, -0.25) is 4.79 Å². The largest absolute Gasteiger partial charge is 0.489 e. The lowest BCUT2D eigenvalue weighted by Crippen LogP contribution is -1.98. The molecule has 1 aromatic carbocycles. The van der Waals surface area contributed by atoms with Gasteiger partial charge in [0.05, 0.1) is 5.56 Å². The first-order chi connectivity index (χ1) is 7.13. The Kier molecular flexibility index (Phi) is 4.03. The minimum Gasteiger partial charge on any atom is -0.489 e. The van der Waals surface area contributed by atoms with Crippen molar-refractivity contribution in [3.05, 3.63) is 41.2 Å². The molecule has 0 radical (unpaired) electrons. The van der Waals surface area contributed by atoms with Gasteiger partial charge in [0.2, 0.25) is 0 Å². The van der Waals surface area contributed by atoms with E-state index in [9.17, 15) is 9.18 Å². The van der Waals surface area contributed by atoms with E-state index in [4.69, 9.17) is 4.74 Å². The molecule has 0 bridgehead atoms. The van der Waals surface area contributed by atoms with Gasteiger partial charge in [0.1, 0.15) is 18.2 Å². The summed E-state index contributed by atoms with van der Waals surface area (Å²) in [6, 6.07) is 3.85. The third-order valence-corrected chi connectivity index (χ3v) is 1.83. The molecule has 0 N–H and O–H groups in total. The number of halogens is 1. The second kappa shape index (κ2) is 5.29. The molecule has 80 valence electrons. The SMILES string of the molecule is CC(C)=CCOc1cc(F)ccc1C=O. The maximum atomic E-state index is 12.9. The summed E-state index contributed by atoms with van der Waals surface area (Å²) in [7, 11) is 0. The molecule has 0 amide bonds. The van der Waals surface area contributed by atoms with E-state index in [1.807, 2.05) is 19.9 Å². The highest BCUT2D eigenvalue weighted by molar-refractivity contribution is 5.79. The quantitative estimate of drug-likeness (QED) is 0.561. The van der Waals surface area contributed by atoms with Crippen LogP contribution in [0.1, 0.15) is 24.2 Å². The molecule has 15 heavy (non-hydrogen) atoms.